The maximum atomic E-state index is 12.5. The summed E-state index contributed by atoms with van der Waals surface area (Å²) in [5, 5.41) is 3.27. The van der Waals surface area contributed by atoms with E-state index in [1.165, 1.54) is 64.2 Å². The van der Waals surface area contributed by atoms with Gasteiger partial charge in [-0.2, -0.15) is 0 Å². The summed E-state index contributed by atoms with van der Waals surface area (Å²) in [5.74, 6) is 1.82. The monoisotopic (exact) mass is 546 g/mol. The molecule has 0 bridgehead atoms. The Morgan fingerprint density at radius 1 is 0.550 bits per heavy atom. The molecule has 0 radical (unpaired) electrons. The zero-order valence-electron chi connectivity index (χ0n) is 23.5. The number of esters is 2. The lowest BCUT2D eigenvalue weighted by Crippen LogP contribution is -2.18. The Morgan fingerprint density at radius 2 is 0.900 bits per heavy atom. The van der Waals surface area contributed by atoms with Crippen LogP contribution in [-0.2, 0) is 19.1 Å². The van der Waals surface area contributed by atoms with Gasteiger partial charge in [0.15, 0.2) is 13.2 Å². The molecule has 0 unspecified atom stereocenters. The molecule has 0 atom stereocenters. The lowest BCUT2D eigenvalue weighted by molar-refractivity contribution is -0.147. The number of benzene rings is 3. The van der Waals surface area contributed by atoms with Crippen molar-refractivity contribution in [2.45, 2.75) is 77.0 Å². The summed E-state index contributed by atoms with van der Waals surface area (Å²) in [6, 6.07) is 15.5. The van der Waals surface area contributed by atoms with Gasteiger partial charge in [-0.05, 0) is 24.7 Å². The van der Waals surface area contributed by atoms with Crippen LogP contribution in [0.15, 0.2) is 48.5 Å². The maximum Gasteiger partial charge on any atom is 0.344 e. The predicted octanol–water partition coefficient (Wildman–Crippen LogP) is 7.78. The summed E-state index contributed by atoms with van der Waals surface area (Å²) in [6.07, 6.45) is 14.5. The highest BCUT2D eigenvalue weighted by Gasteiger charge is 2.19. The molecule has 0 aliphatic heterocycles. The molecule has 0 spiro atoms. The molecule has 3 aromatic carbocycles. The van der Waals surface area contributed by atoms with E-state index < -0.39 is 0 Å². The van der Waals surface area contributed by atoms with Gasteiger partial charge in [0.25, 0.3) is 0 Å². The van der Waals surface area contributed by atoms with Gasteiger partial charge in [0.2, 0.25) is 0 Å². The van der Waals surface area contributed by atoms with Crippen molar-refractivity contribution in [1.29, 1.82) is 0 Å². The minimum Gasteiger partial charge on any atom is -0.481 e. The van der Waals surface area contributed by atoms with E-state index in [1.807, 2.05) is 48.5 Å². The molecule has 40 heavy (non-hydrogen) atoms. The molecule has 214 valence electrons. The van der Waals surface area contributed by atoms with E-state index in [9.17, 15) is 9.59 Å². The number of hydrogen-bond acceptors (Lipinski definition) is 6. The first-order chi connectivity index (χ1) is 19.7. The fourth-order valence-corrected chi connectivity index (χ4v) is 6.34. The summed E-state index contributed by atoms with van der Waals surface area (Å²) >= 11 is 0. The van der Waals surface area contributed by atoms with Crippen molar-refractivity contribution in [2.75, 3.05) is 26.4 Å². The summed E-state index contributed by atoms with van der Waals surface area (Å²) in [4.78, 5) is 25.1. The normalized spacial score (nSPS) is 16.6. The highest BCUT2D eigenvalue weighted by Crippen LogP contribution is 2.42. The van der Waals surface area contributed by atoms with E-state index in [1.54, 1.807) is 0 Å². The van der Waals surface area contributed by atoms with Crippen LogP contribution in [0, 0.1) is 11.8 Å². The SMILES string of the molecule is O=C(COc1c2ccccc2c(OCC(=O)OCCC2CCCCC2)c2ccccc12)OCCC1CCCCC1. The van der Waals surface area contributed by atoms with Gasteiger partial charge in [-0.25, -0.2) is 9.59 Å². The highest BCUT2D eigenvalue weighted by atomic mass is 16.6. The van der Waals surface area contributed by atoms with Crippen LogP contribution in [0.25, 0.3) is 21.5 Å². The van der Waals surface area contributed by atoms with Gasteiger partial charge in [0.05, 0.1) is 13.2 Å². The molecule has 2 aliphatic rings. The second-order valence-corrected chi connectivity index (χ2v) is 11.4. The van der Waals surface area contributed by atoms with Gasteiger partial charge in [-0.1, -0.05) is 113 Å². The molecule has 0 saturated heterocycles. The largest absolute Gasteiger partial charge is 0.481 e. The molecule has 0 N–H and O–H groups in total. The van der Waals surface area contributed by atoms with Crippen molar-refractivity contribution < 1.29 is 28.5 Å². The number of hydrogen-bond donors (Lipinski definition) is 0. The molecular formula is C34H42O6. The highest BCUT2D eigenvalue weighted by molar-refractivity contribution is 6.11. The van der Waals surface area contributed by atoms with Gasteiger partial charge in [0, 0.05) is 21.5 Å². The molecule has 0 aromatic heterocycles. The molecular weight excluding hydrogens is 504 g/mol. The van der Waals surface area contributed by atoms with Crippen LogP contribution < -0.4 is 9.47 Å². The Morgan fingerprint density at radius 3 is 1.25 bits per heavy atom. The van der Waals surface area contributed by atoms with E-state index in [0.717, 1.165) is 34.4 Å². The first-order valence-corrected chi connectivity index (χ1v) is 15.2. The Kier molecular flexibility index (Phi) is 10.2. The van der Waals surface area contributed by atoms with Gasteiger partial charge in [-0.15, -0.1) is 0 Å². The van der Waals surface area contributed by atoms with Crippen molar-refractivity contribution >= 4 is 33.5 Å². The van der Waals surface area contributed by atoms with Crippen LogP contribution in [0.1, 0.15) is 77.0 Å². The Bertz CT molecular complexity index is 1120. The van der Waals surface area contributed by atoms with Crippen molar-refractivity contribution in [3.05, 3.63) is 48.5 Å². The van der Waals surface area contributed by atoms with Crippen LogP contribution in [0.4, 0.5) is 0 Å². The number of carbonyl (C=O) groups excluding carboxylic acids is 2. The minimum absolute atomic E-state index is 0.161. The summed E-state index contributed by atoms with van der Waals surface area (Å²) in [6.45, 7) is 0.564. The number of fused-ring (bicyclic) bond motifs is 2. The summed E-state index contributed by atoms with van der Waals surface area (Å²) < 4.78 is 23.2. The molecule has 2 aliphatic carbocycles. The fraction of sp³-hybridized carbons (Fsp3) is 0.529. The molecule has 0 heterocycles. The molecule has 0 amide bonds. The Balaban J connectivity index is 1.23. The van der Waals surface area contributed by atoms with Crippen molar-refractivity contribution in [3.63, 3.8) is 0 Å². The molecule has 3 aromatic rings. The van der Waals surface area contributed by atoms with Gasteiger partial charge in [0.1, 0.15) is 11.5 Å². The maximum absolute atomic E-state index is 12.5. The molecule has 2 fully saturated rings. The second-order valence-electron chi connectivity index (χ2n) is 11.4. The van der Waals surface area contributed by atoms with E-state index in [4.69, 9.17) is 18.9 Å². The molecule has 5 rings (SSSR count). The van der Waals surface area contributed by atoms with Gasteiger partial charge in [-0.3, -0.25) is 0 Å². The zero-order valence-corrected chi connectivity index (χ0v) is 23.5. The van der Waals surface area contributed by atoms with Crippen LogP contribution in [0.2, 0.25) is 0 Å². The standard InChI is InChI=1S/C34H42O6/c35-31(37-21-19-25-11-3-1-4-12-25)23-39-33-27-15-7-9-17-29(27)34(30-18-10-8-16-28(30)33)40-24-32(36)38-22-20-26-13-5-2-6-14-26/h7-10,15-18,25-26H,1-6,11-14,19-24H2. The Hall–Kier alpha value is -3.28. The topological polar surface area (TPSA) is 71.1 Å². The first-order valence-electron chi connectivity index (χ1n) is 15.2. The minimum atomic E-state index is -0.361. The third-order valence-corrected chi connectivity index (χ3v) is 8.53. The van der Waals surface area contributed by atoms with Crippen molar-refractivity contribution in [3.8, 4) is 11.5 Å². The average molecular weight is 547 g/mol. The number of rotatable bonds is 12. The fourth-order valence-electron chi connectivity index (χ4n) is 6.34. The van der Waals surface area contributed by atoms with E-state index >= 15 is 0 Å². The van der Waals surface area contributed by atoms with Crippen LogP contribution in [-0.4, -0.2) is 38.4 Å². The first kappa shape index (κ1) is 28.3. The lowest BCUT2D eigenvalue weighted by atomic mass is 9.87. The number of ether oxygens (including phenoxy) is 4. The van der Waals surface area contributed by atoms with E-state index in [2.05, 4.69) is 0 Å². The summed E-state index contributed by atoms with van der Waals surface area (Å²) in [5.41, 5.74) is 0. The second kappa shape index (κ2) is 14.4. The van der Waals surface area contributed by atoms with Gasteiger partial charge < -0.3 is 18.9 Å². The van der Waals surface area contributed by atoms with Crippen molar-refractivity contribution in [2.24, 2.45) is 11.8 Å². The Labute approximate surface area is 237 Å². The molecule has 2 saturated carbocycles. The third kappa shape index (κ3) is 7.47. The average Bonchev–Trinajstić information content (AvgIpc) is 3.00. The molecule has 6 nitrogen and oxygen atoms in total. The zero-order chi connectivity index (χ0) is 27.6. The smallest absolute Gasteiger partial charge is 0.344 e. The lowest BCUT2D eigenvalue weighted by Gasteiger charge is -2.21. The number of carbonyl (C=O) groups is 2. The van der Waals surface area contributed by atoms with Crippen LogP contribution in [0.5, 0.6) is 11.5 Å². The quantitative estimate of drug-likeness (QED) is 0.171. The van der Waals surface area contributed by atoms with Crippen LogP contribution in [0.3, 0.4) is 0 Å². The van der Waals surface area contributed by atoms with Gasteiger partial charge >= 0.3 is 11.9 Å². The van der Waals surface area contributed by atoms with Crippen molar-refractivity contribution in [1.82, 2.24) is 0 Å². The van der Waals surface area contributed by atoms with Crippen LogP contribution >= 0.6 is 0 Å². The predicted molar refractivity (Wildman–Crippen MR) is 157 cm³/mol. The summed E-state index contributed by atoms with van der Waals surface area (Å²) in [7, 11) is 0. The van der Waals surface area contributed by atoms with E-state index in [0.29, 0.717) is 36.5 Å². The molecule has 6 heteroatoms. The third-order valence-electron chi connectivity index (χ3n) is 8.53. The van der Waals surface area contributed by atoms with E-state index in [-0.39, 0.29) is 25.2 Å².